The lowest BCUT2D eigenvalue weighted by molar-refractivity contribution is -0.271. The van der Waals surface area contributed by atoms with E-state index in [2.05, 4.69) is 0 Å². The predicted molar refractivity (Wildman–Crippen MR) is 67.8 cm³/mol. The fourth-order valence-electron chi connectivity index (χ4n) is 2.04. The summed E-state index contributed by atoms with van der Waals surface area (Å²) in [6.45, 7) is 0.259. The van der Waals surface area contributed by atoms with Crippen molar-refractivity contribution in [1.29, 1.82) is 0 Å². The highest BCUT2D eigenvalue weighted by molar-refractivity contribution is 5.54. The van der Waals surface area contributed by atoms with E-state index in [4.69, 9.17) is 4.74 Å². The Balaban J connectivity index is 2.41. The molecule has 1 fully saturated rings. The summed E-state index contributed by atoms with van der Waals surface area (Å²) < 4.78 is 70.7. The van der Waals surface area contributed by atoms with Crippen LogP contribution in [0.2, 0.25) is 0 Å². The van der Waals surface area contributed by atoms with E-state index in [1.54, 1.807) is 18.2 Å². The van der Waals surface area contributed by atoms with E-state index in [0.717, 1.165) is 11.0 Å². The smallest absolute Gasteiger partial charge is 0.378 e. The topological polar surface area (TPSA) is 12.5 Å². The SMILES string of the molecule is FC(F)(F)C(F)(F)/C(=C/c1ccccc1)N1CCOCC1. The zero-order chi connectivity index (χ0) is 15.5. The summed E-state index contributed by atoms with van der Waals surface area (Å²) in [5.41, 5.74) is -0.743. The van der Waals surface area contributed by atoms with Gasteiger partial charge in [-0.1, -0.05) is 30.3 Å². The van der Waals surface area contributed by atoms with Crippen LogP contribution in [0.15, 0.2) is 36.0 Å². The first-order valence-electron chi connectivity index (χ1n) is 6.37. The van der Waals surface area contributed by atoms with Gasteiger partial charge in [-0.2, -0.15) is 22.0 Å². The van der Waals surface area contributed by atoms with Gasteiger partial charge in [0.15, 0.2) is 0 Å². The third kappa shape index (κ3) is 3.53. The second kappa shape index (κ2) is 6.01. The molecule has 2 rings (SSSR count). The first-order valence-corrected chi connectivity index (χ1v) is 6.37. The predicted octanol–water partition coefficient (Wildman–Crippen LogP) is 3.56. The molecule has 0 aliphatic carbocycles. The van der Waals surface area contributed by atoms with Crippen LogP contribution in [-0.4, -0.2) is 43.3 Å². The van der Waals surface area contributed by atoms with Crippen molar-refractivity contribution in [3.8, 4) is 0 Å². The first kappa shape index (κ1) is 15.8. The Morgan fingerprint density at radius 3 is 2.10 bits per heavy atom. The van der Waals surface area contributed by atoms with Gasteiger partial charge in [0, 0.05) is 13.1 Å². The molecule has 21 heavy (non-hydrogen) atoms. The maximum atomic E-state index is 13.8. The summed E-state index contributed by atoms with van der Waals surface area (Å²) in [6.07, 6.45) is -4.75. The molecule has 1 aromatic rings. The summed E-state index contributed by atoms with van der Waals surface area (Å²) in [4.78, 5) is 1.03. The highest BCUT2D eigenvalue weighted by atomic mass is 19.4. The minimum atomic E-state index is -5.63. The molecule has 1 heterocycles. The number of benzene rings is 1. The van der Waals surface area contributed by atoms with Gasteiger partial charge in [-0.15, -0.1) is 0 Å². The molecule has 0 spiro atoms. The van der Waals surface area contributed by atoms with Crippen molar-refractivity contribution in [3.05, 3.63) is 41.6 Å². The Morgan fingerprint density at radius 1 is 1.00 bits per heavy atom. The van der Waals surface area contributed by atoms with Crippen molar-refractivity contribution in [2.45, 2.75) is 12.1 Å². The Labute approximate surface area is 118 Å². The number of nitrogens with zero attached hydrogens (tertiary/aromatic N) is 1. The maximum absolute atomic E-state index is 13.8. The summed E-state index contributed by atoms with van der Waals surface area (Å²) in [5, 5.41) is 0. The van der Waals surface area contributed by atoms with Gasteiger partial charge in [-0.05, 0) is 11.6 Å². The third-order valence-corrected chi connectivity index (χ3v) is 3.13. The minimum absolute atomic E-state index is 0.00430. The van der Waals surface area contributed by atoms with Crippen molar-refractivity contribution in [2.24, 2.45) is 0 Å². The number of morpholine rings is 1. The van der Waals surface area contributed by atoms with Gasteiger partial charge in [-0.3, -0.25) is 0 Å². The molecule has 1 saturated heterocycles. The fraction of sp³-hybridized carbons (Fsp3) is 0.429. The van der Waals surface area contributed by atoms with Crippen molar-refractivity contribution >= 4 is 6.08 Å². The lowest BCUT2D eigenvalue weighted by atomic mass is 10.1. The average molecular weight is 307 g/mol. The van der Waals surface area contributed by atoms with Crippen LogP contribution in [0.4, 0.5) is 22.0 Å². The fourth-order valence-corrected chi connectivity index (χ4v) is 2.04. The first-order chi connectivity index (χ1) is 9.82. The molecule has 2 nitrogen and oxygen atoms in total. The molecule has 1 aliphatic heterocycles. The van der Waals surface area contributed by atoms with Crippen molar-refractivity contribution < 1.29 is 26.7 Å². The molecule has 0 aromatic heterocycles. The summed E-state index contributed by atoms with van der Waals surface area (Å²) in [6, 6.07) is 7.77. The summed E-state index contributed by atoms with van der Waals surface area (Å²) in [7, 11) is 0. The van der Waals surface area contributed by atoms with E-state index in [1.165, 1.54) is 12.1 Å². The van der Waals surface area contributed by atoms with Crippen molar-refractivity contribution in [1.82, 2.24) is 4.90 Å². The third-order valence-electron chi connectivity index (χ3n) is 3.13. The molecule has 1 aromatic carbocycles. The van der Waals surface area contributed by atoms with Gasteiger partial charge in [-0.25, -0.2) is 0 Å². The molecule has 0 saturated carbocycles. The average Bonchev–Trinajstić information content (AvgIpc) is 2.45. The number of hydrogen-bond acceptors (Lipinski definition) is 2. The van der Waals surface area contributed by atoms with Crippen LogP contribution in [0.5, 0.6) is 0 Å². The molecule has 116 valence electrons. The van der Waals surface area contributed by atoms with Gasteiger partial charge in [0.1, 0.15) is 0 Å². The van der Waals surface area contributed by atoms with Crippen LogP contribution in [-0.2, 0) is 4.74 Å². The van der Waals surface area contributed by atoms with Crippen LogP contribution < -0.4 is 0 Å². The van der Waals surface area contributed by atoms with Gasteiger partial charge in [0.05, 0.1) is 18.9 Å². The quantitative estimate of drug-likeness (QED) is 0.792. The van der Waals surface area contributed by atoms with Crippen molar-refractivity contribution in [3.63, 3.8) is 0 Å². The second-order valence-corrected chi connectivity index (χ2v) is 4.61. The largest absolute Gasteiger partial charge is 0.459 e. The normalized spacial score (nSPS) is 18.0. The maximum Gasteiger partial charge on any atom is 0.459 e. The van der Waals surface area contributed by atoms with Crippen LogP contribution in [0, 0.1) is 0 Å². The highest BCUT2D eigenvalue weighted by Gasteiger charge is 2.61. The molecule has 1 aliphatic rings. The van der Waals surface area contributed by atoms with Crippen LogP contribution >= 0.6 is 0 Å². The summed E-state index contributed by atoms with van der Waals surface area (Å²) in [5.74, 6) is -4.90. The molecular weight excluding hydrogens is 293 g/mol. The van der Waals surface area contributed by atoms with E-state index in [1.807, 2.05) is 0 Å². The van der Waals surface area contributed by atoms with Crippen LogP contribution in [0.1, 0.15) is 5.56 Å². The van der Waals surface area contributed by atoms with Gasteiger partial charge < -0.3 is 9.64 Å². The molecule has 0 atom stereocenters. The van der Waals surface area contributed by atoms with E-state index in [9.17, 15) is 22.0 Å². The van der Waals surface area contributed by atoms with E-state index in [0.29, 0.717) is 5.56 Å². The van der Waals surface area contributed by atoms with Crippen LogP contribution in [0.3, 0.4) is 0 Å². The molecule has 0 radical (unpaired) electrons. The van der Waals surface area contributed by atoms with Gasteiger partial charge in [0.2, 0.25) is 0 Å². The number of ether oxygens (including phenoxy) is 1. The molecule has 0 N–H and O–H groups in total. The summed E-state index contributed by atoms with van der Waals surface area (Å²) >= 11 is 0. The zero-order valence-corrected chi connectivity index (χ0v) is 11.0. The number of rotatable bonds is 3. The Morgan fingerprint density at radius 2 is 1.57 bits per heavy atom. The molecule has 7 heteroatoms. The Kier molecular flexibility index (Phi) is 4.51. The number of halogens is 5. The molecule has 0 bridgehead atoms. The number of alkyl halides is 5. The van der Waals surface area contributed by atoms with Gasteiger partial charge >= 0.3 is 12.1 Å². The zero-order valence-electron chi connectivity index (χ0n) is 11.0. The highest BCUT2D eigenvalue weighted by Crippen LogP contribution is 2.43. The number of allylic oxidation sites excluding steroid dienone is 1. The van der Waals surface area contributed by atoms with Gasteiger partial charge in [0.25, 0.3) is 0 Å². The molecular formula is C14H14F5NO. The monoisotopic (exact) mass is 307 g/mol. The minimum Gasteiger partial charge on any atom is -0.378 e. The molecule has 0 amide bonds. The number of hydrogen-bond donors (Lipinski definition) is 0. The standard InChI is InChI=1S/C14H14F5NO/c15-13(16,14(17,18)19)12(20-6-8-21-9-7-20)10-11-4-2-1-3-5-11/h1-5,10H,6-9H2/b12-10-. The second-order valence-electron chi connectivity index (χ2n) is 4.61. The van der Waals surface area contributed by atoms with E-state index < -0.39 is 17.8 Å². The lowest BCUT2D eigenvalue weighted by Gasteiger charge is -2.35. The van der Waals surface area contributed by atoms with Crippen LogP contribution in [0.25, 0.3) is 6.08 Å². The Bertz CT molecular complexity index is 492. The molecule has 0 unspecified atom stereocenters. The lowest BCUT2D eigenvalue weighted by Crippen LogP contribution is -2.48. The van der Waals surface area contributed by atoms with E-state index in [-0.39, 0.29) is 26.3 Å². The Hall–Kier alpha value is -1.63. The van der Waals surface area contributed by atoms with E-state index >= 15 is 0 Å². The van der Waals surface area contributed by atoms with Crippen molar-refractivity contribution in [2.75, 3.05) is 26.3 Å².